The Hall–Kier alpha value is -2.99. The van der Waals surface area contributed by atoms with E-state index in [1.54, 1.807) is 6.07 Å². The van der Waals surface area contributed by atoms with Gasteiger partial charge in [-0.2, -0.15) is 0 Å². The molecule has 0 saturated carbocycles. The van der Waals surface area contributed by atoms with Crippen LogP contribution in [-0.2, 0) is 16.6 Å². The summed E-state index contributed by atoms with van der Waals surface area (Å²) < 4.78 is 69.6. The Balaban J connectivity index is 2.07. The lowest BCUT2D eigenvalue weighted by Gasteiger charge is -2.24. The Morgan fingerprint density at radius 1 is 1.06 bits per heavy atom. The number of primary amides is 1. The second-order valence-corrected chi connectivity index (χ2v) is 9.74. The van der Waals surface area contributed by atoms with Crippen molar-refractivity contribution in [2.24, 2.45) is 5.73 Å². The highest BCUT2D eigenvalue weighted by Crippen LogP contribution is 2.43. The number of carbonyl (C=O) groups excluding carboxylic acids is 1. The van der Waals surface area contributed by atoms with E-state index in [2.05, 4.69) is 9.46 Å². The van der Waals surface area contributed by atoms with Crippen LogP contribution in [0.4, 0.5) is 23.7 Å². The standard InChI is InChI=1S/C22H18Cl2F3N3O4S/c1-29-35(32,33)19-9-5-2-6-13(19)12-30(21(28)31)14-10-16(23)20(17(24)11-14)15-7-3-4-8-18(15)34-22(25,26)27/h2-11,29H,12H2,1H3,(H2,28,31). The third kappa shape index (κ3) is 6.17. The highest BCUT2D eigenvalue weighted by Gasteiger charge is 2.33. The van der Waals surface area contributed by atoms with Gasteiger partial charge in [0.25, 0.3) is 0 Å². The summed E-state index contributed by atoms with van der Waals surface area (Å²) in [6, 6.07) is 12.9. The molecule has 7 nitrogen and oxygen atoms in total. The molecule has 3 aromatic rings. The molecule has 0 unspecified atom stereocenters. The molecule has 35 heavy (non-hydrogen) atoms. The molecule has 0 bridgehead atoms. The number of halogens is 5. The van der Waals surface area contributed by atoms with Crippen LogP contribution in [0.15, 0.2) is 65.6 Å². The van der Waals surface area contributed by atoms with Gasteiger partial charge in [-0.15, -0.1) is 13.2 Å². The molecular formula is C22H18Cl2F3N3O4S. The molecule has 0 aliphatic carbocycles. The summed E-state index contributed by atoms with van der Waals surface area (Å²) in [5.74, 6) is -0.519. The predicted octanol–water partition coefficient (Wildman–Crippen LogP) is 5.55. The summed E-state index contributed by atoms with van der Waals surface area (Å²) in [5.41, 5.74) is 5.91. The molecule has 2 amide bonds. The summed E-state index contributed by atoms with van der Waals surface area (Å²) in [4.78, 5) is 13.2. The molecule has 0 radical (unpaired) electrons. The Bertz CT molecular complexity index is 1350. The van der Waals surface area contributed by atoms with Gasteiger partial charge in [-0.1, -0.05) is 59.6 Å². The molecule has 0 aliphatic rings. The first-order valence-electron chi connectivity index (χ1n) is 9.76. The highest BCUT2D eigenvalue weighted by molar-refractivity contribution is 7.89. The molecule has 186 valence electrons. The molecule has 0 aromatic heterocycles. The summed E-state index contributed by atoms with van der Waals surface area (Å²) in [6.07, 6.45) is -4.95. The molecule has 0 saturated heterocycles. The van der Waals surface area contributed by atoms with Crippen LogP contribution in [0.5, 0.6) is 5.75 Å². The van der Waals surface area contributed by atoms with Gasteiger partial charge in [0.05, 0.1) is 21.5 Å². The average Bonchev–Trinajstić information content (AvgIpc) is 2.77. The number of urea groups is 1. The van der Waals surface area contributed by atoms with Crippen molar-refractivity contribution in [3.05, 3.63) is 76.3 Å². The number of sulfonamides is 1. The Morgan fingerprint density at radius 3 is 2.20 bits per heavy atom. The van der Waals surface area contributed by atoms with E-state index >= 15 is 0 Å². The monoisotopic (exact) mass is 547 g/mol. The SMILES string of the molecule is CNS(=O)(=O)c1ccccc1CN(C(N)=O)c1cc(Cl)c(-c2ccccc2OC(F)(F)F)c(Cl)c1. The molecular weight excluding hydrogens is 530 g/mol. The van der Waals surface area contributed by atoms with Gasteiger partial charge in [0.1, 0.15) is 5.75 Å². The Kier molecular flexibility index (Phi) is 7.85. The first-order valence-corrected chi connectivity index (χ1v) is 12.0. The summed E-state index contributed by atoms with van der Waals surface area (Å²) >= 11 is 12.8. The lowest BCUT2D eigenvalue weighted by molar-refractivity contribution is -0.274. The van der Waals surface area contributed by atoms with Crippen LogP contribution in [0, 0.1) is 0 Å². The number of hydrogen-bond acceptors (Lipinski definition) is 4. The molecule has 0 fully saturated rings. The van der Waals surface area contributed by atoms with E-state index in [0.717, 1.165) is 11.0 Å². The number of carbonyl (C=O) groups is 1. The summed E-state index contributed by atoms with van der Waals surface area (Å²) in [5, 5.41) is -0.179. The fourth-order valence-corrected chi connectivity index (χ4v) is 4.97. The quantitative estimate of drug-likeness (QED) is 0.404. The molecule has 0 heterocycles. The molecule has 0 spiro atoms. The molecule has 0 atom stereocenters. The van der Waals surface area contributed by atoms with Crippen molar-refractivity contribution in [3.63, 3.8) is 0 Å². The number of rotatable bonds is 7. The van der Waals surface area contributed by atoms with Crippen molar-refractivity contribution >= 4 is 44.9 Å². The summed E-state index contributed by atoms with van der Waals surface area (Å²) in [6.45, 7) is -0.258. The molecule has 13 heteroatoms. The van der Waals surface area contributed by atoms with E-state index in [-0.39, 0.29) is 43.9 Å². The summed E-state index contributed by atoms with van der Waals surface area (Å²) in [7, 11) is -2.60. The number of alkyl halides is 3. The predicted molar refractivity (Wildman–Crippen MR) is 127 cm³/mol. The van der Waals surface area contributed by atoms with Gasteiger partial charge in [-0.25, -0.2) is 17.9 Å². The number of nitrogens with zero attached hydrogens (tertiary/aromatic N) is 1. The van der Waals surface area contributed by atoms with Gasteiger partial charge >= 0.3 is 12.4 Å². The van der Waals surface area contributed by atoms with Crippen molar-refractivity contribution in [2.45, 2.75) is 17.8 Å². The molecule has 3 rings (SSSR count). The maximum absolute atomic E-state index is 12.9. The number of para-hydroxylation sites is 1. The Labute approximate surface area is 209 Å². The lowest BCUT2D eigenvalue weighted by Crippen LogP contribution is -2.36. The van der Waals surface area contributed by atoms with Crippen molar-refractivity contribution in [3.8, 4) is 16.9 Å². The van der Waals surface area contributed by atoms with Crippen LogP contribution in [-0.4, -0.2) is 27.9 Å². The fourth-order valence-electron chi connectivity index (χ4n) is 3.33. The smallest absolute Gasteiger partial charge is 0.405 e. The number of benzene rings is 3. The minimum absolute atomic E-state index is 0.0255. The number of anilines is 1. The first-order chi connectivity index (χ1) is 16.3. The number of nitrogens with one attached hydrogen (secondary N) is 1. The van der Waals surface area contributed by atoms with E-state index in [1.807, 2.05) is 0 Å². The maximum atomic E-state index is 12.9. The largest absolute Gasteiger partial charge is 0.573 e. The van der Waals surface area contributed by atoms with E-state index in [1.165, 1.54) is 55.6 Å². The van der Waals surface area contributed by atoms with Gasteiger partial charge in [-0.05, 0) is 36.9 Å². The van der Waals surface area contributed by atoms with Crippen LogP contribution in [0.25, 0.3) is 11.1 Å². The fraction of sp³-hybridized carbons (Fsp3) is 0.136. The topological polar surface area (TPSA) is 102 Å². The van der Waals surface area contributed by atoms with Crippen LogP contribution in [0.2, 0.25) is 10.0 Å². The molecule has 3 aromatic carbocycles. The zero-order valence-electron chi connectivity index (χ0n) is 17.9. The van der Waals surface area contributed by atoms with E-state index in [0.29, 0.717) is 0 Å². The van der Waals surface area contributed by atoms with Gasteiger partial charge in [-0.3, -0.25) is 4.90 Å². The van der Waals surface area contributed by atoms with Gasteiger partial charge < -0.3 is 10.5 Å². The van der Waals surface area contributed by atoms with Gasteiger partial charge in [0, 0.05) is 16.8 Å². The second-order valence-electron chi connectivity index (χ2n) is 7.07. The minimum atomic E-state index is -4.95. The maximum Gasteiger partial charge on any atom is 0.573 e. The Morgan fingerprint density at radius 2 is 1.63 bits per heavy atom. The van der Waals surface area contributed by atoms with E-state index < -0.39 is 28.2 Å². The van der Waals surface area contributed by atoms with Crippen LogP contribution in [0.1, 0.15) is 5.56 Å². The zero-order valence-corrected chi connectivity index (χ0v) is 20.3. The van der Waals surface area contributed by atoms with Crippen LogP contribution in [0.3, 0.4) is 0 Å². The van der Waals surface area contributed by atoms with E-state index in [9.17, 15) is 26.4 Å². The van der Waals surface area contributed by atoms with Crippen LogP contribution >= 0.6 is 23.2 Å². The third-order valence-corrected chi connectivity index (χ3v) is 6.96. The lowest BCUT2D eigenvalue weighted by atomic mass is 10.0. The number of nitrogens with two attached hydrogens (primary N) is 1. The van der Waals surface area contributed by atoms with Crippen molar-refractivity contribution in [1.82, 2.24) is 4.72 Å². The number of amides is 2. The van der Waals surface area contributed by atoms with Crippen molar-refractivity contribution < 1.29 is 31.1 Å². The highest BCUT2D eigenvalue weighted by atomic mass is 35.5. The normalized spacial score (nSPS) is 11.8. The average molecular weight is 548 g/mol. The first kappa shape index (κ1) is 26.6. The minimum Gasteiger partial charge on any atom is -0.405 e. The van der Waals surface area contributed by atoms with E-state index in [4.69, 9.17) is 28.9 Å². The molecule has 3 N–H and O–H groups in total. The molecule has 0 aliphatic heterocycles. The van der Waals surface area contributed by atoms with Crippen molar-refractivity contribution in [1.29, 1.82) is 0 Å². The zero-order chi connectivity index (χ0) is 26.0. The van der Waals surface area contributed by atoms with Gasteiger partial charge in [0.2, 0.25) is 10.0 Å². The van der Waals surface area contributed by atoms with Crippen molar-refractivity contribution in [2.75, 3.05) is 11.9 Å². The van der Waals surface area contributed by atoms with Gasteiger partial charge in [0.15, 0.2) is 0 Å². The third-order valence-electron chi connectivity index (χ3n) is 4.85. The second kappa shape index (κ2) is 10.3. The number of hydrogen-bond donors (Lipinski definition) is 2. The number of ether oxygens (including phenoxy) is 1. The van der Waals surface area contributed by atoms with Crippen LogP contribution < -0.4 is 20.1 Å².